The average molecular weight is 361 g/mol. The zero-order valence-corrected chi connectivity index (χ0v) is 14.1. The first-order chi connectivity index (χ1) is 11.9. The molecule has 0 spiro atoms. The minimum absolute atomic E-state index is 0.0139. The normalized spacial score (nSPS) is 14.7. The predicted octanol–water partition coefficient (Wildman–Crippen LogP) is 1.54. The van der Waals surface area contributed by atoms with Crippen molar-refractivity contribution < 1.29 is 22.7 Å². The zero-order valence-electron chi connectivity index (χ0n) is 13.3. The number of pyridine rings is 1. The summed E-state index contributed by atoms with van der Waals surface area (Å²) < 4.78 is 32.2. The molecule has 0 radical (unpaired) electrons. The highest BCUT2D eigenvalue weighted by molar-refractivity contribution is 7.92. The van der Waals surface area contributed by atoms with Gasteiger partial charge in [0, 0.05) is 25.1 Å². The molecule has 1 aromatic heterocycles. The second kappa shape index (κ2) is 6.52. The van der Waals surface area contributed by atoms with Crippen molar-refractivity contribution >= 4 is 33.3 Å². The Morgan fingerprint density at radius 3 is 2.32 bits per heavy atom. The van der Waals surface area contributed by atoms with Crippen molar-refractivity contribution in [2.45, 2.75) is 17.7 Å². The maximum atomic E-state index is 12.4. The molecule has 0 aliphatic carbocycles. The third-order valence-electron chi connectivity index (χ3n) is 3.66. The van der Waals surface area contributed by atoms with Crippen LogP contribution >= 0.6 is 0 Å². The Kier molecular flexibility index (Phi) is 4.41. The lowest BCUT2D eigenvalue weighted by molar-refractivity contribution is -0.121. The van der Waals surface area contributed by atoms with E-state index in [1.807, 2.05) is 0 Å². The van der Waals surface area contributed by atoms with E-state index in [9.17, 15) is 18.0 Å². The number of imide groups is 1. The van der Waals surface area contributed by atoms with Crippen molar-refractivity contribution in [2.24, 2.45) is 0 Å². The number of aromatic nitrogens is 1. The number of nitrogens with one attached hydrogen (secondary N) is 1. The number of hydrogen-bond acceptors (Lipinski definition) is 6. The monoisotopic (exact) mass is 361 g/mol. The van der Waals surface area contributed by atoms with Gasteiger partial charge in [0.05, 0.1) is 17.7 Å². The third-order valence-corrected chi connectivity index (χ3v) is 5.03. The molecular weight excluding hydrogens is 346 g/mol. The molecule has 2 heterocycles. The van der Waals surface area contributed by atoms with Gasteiger partial charge in [-0.05, 0) is 30.3 Å². The number of nitrogens with zero attached hydrogens (tertiary/aromatic N) is 2. The third kappa shape index (κ3) is 3.45. The second-order valence-electron chi connectivity index (χ2n) is 5.30. The Labute approximate surface area is 144 Å². The van der Waals surface area contributed by atoms with Gasteiger partial charge in [-0.3, -0.25) is 19.2 Å². The summed E-state index contributed by atoms with van der Waals surface area (Å²) in [6.45, 7) is 0. The number of benzene rings is 1. The summed E-state index contributed by atoms with van der Waals surface area (Å²) in [5, 5.41) is 0. The fourth-order valence-corrected chi connectivity index (χ4v) is 3.43. The van der Waals surface area contributed by atoms with Gasteiger partial charge >= 0.3 is 0 Å². The van der Waals surface area contributed by atoms with Crippen molar-refractivity contribution in [1.82, 2.24) is 4.98 Å². The molecule has 1 saturated heterocycles. The van der Waals surface area contributed by atoms with Gasteiger partial charge in [-0.25, -0.2) is 13.4 Å². The molecule has 8 nitrogen and oxygen atoms in total. The Balaban J connectivity index is 1.83. The van der Waals surface area contributed by atoms with E-state index in [0.717, 1.165) is 4.90 Å². The summed E-state index contributed by atoms with van der Waals surface area (Å²) in [5.74, 6) is 0.000978. The van der Waals surface area contributed by atoms with Crippen LogP contribution in [0.4, 0.5) is 11.5 Å². The minimum Gasteiger partial charge on any atom is -0.497 e. The lowest BCUT2D eigenvalue weighted by atomic mass is 10.3. The first-order valence-electron chi connectivity index (χ1n) is 7.39. The van der Waals surface area contributed by atoms with E-state index in [0.29, 0.717) is 11.4 Å². The molecule has 0 atom stereocenters. The van der Waals surface area contributed by atoms with Gasteiger partial charge in [0.1, 0.15) is 11.6 Å². The molecule has 130 valence electrons. The average Bonchev–Trinajstić information content (AvgIpc) is 2.93. The van der Waals surface area contributed by atoms with Crippen LogP contribution in [0.2, 0.25) is 0 Å². The summed E-state index contributed by atoms with van der Waals surface area (Å²) in [6, 6.07) is 8.56. The highest BCUT2D eigenvalue weighted by Gasteiger charge is 2.30. The van der Waals surface area contributed by atoms with E-state index in [2.05, 4.69) is 9.71 Å². The van der Waals surface area contributed by atoms with Crippen LogP contribution in [0.3, 0.4) is 0 Å². The van der Waals surface area contributed by atoms with E-state index >= 15 is 0 Å². The van der Waals surface area contributed by atoms with Crippen LogP contribution in [-0.2, 0) is 19.6 Å². The zero-order chi connectivity index (χ0) is 18.0. The van der Waals surface area contributed by atoms with Crippen LogP contribution in [0.5, 0.6) is 5.75 Å². The van der Waals surface area contributed by atoms with Crippen LogP contribution in [0.1, 0.15) is 12.8 Å². The Bertz CT molecular complexity index is 909. The summed E-state index contributed by atoms with van der Waals surface area (Å²) in [6.07, 6.45) is 1.76. The van der Waals surface area contributed by atoms with Gasteiger partial charge in [-0.1, -0.05) is 0 Å². The first-order valence-corrected chi connectivity index (χ1v) is 8.88. The molecule has 0 unspecified atom stereocenters. The number of hydrogen-bond donors (Lipinski definition) is 1. The van der Waals surface area contributed by atoms with Gasteiger partial charge in [-0.2, -0.15) is 0 Å². The fourth-order valence-electron chi connectivity index (χ4n) is 2.43. The predicted molar refractivity (Wildman–Crippen MR) is 89.8 cm³/mol. The topological polar surface area (TPSA) is 106 Å². The van der Waals surface area contributed by atoms with Crippen LogP contribution in [-0.4, -0.2) is 32.3 Å². The van der Waals surface area contributed by atoms with E-state index in [1.54, 1.807) is 6.07 Å². The second-order valence-corrected chi connectivity index (χ2v) is 6.99. The number of sulfonamides is 1. The minimum atomic E-state index is -3.86. The molecule has 25 heavy (non-hydrogen) atoms. The SMILES string of the molecule is COc1ccnc(NS(=O)(=O)c2ccc(N3C(=O)CCC3=O)cc2)c1. The molecule has 1 fully saturated rings. The van der Waals surface area contributed by atoms with E-state index in [1.165, 1.54) is 43.6 Å². The number of carbonyl (C=O) groups excluding carboxylic acids is 2. The van der Waals surface area contributed by atoms with Crippen LogP contribution in [0.25, 0.3) is 0 Å². The molecule has 1 aliphatic rings. The first kappa shape index (κ1) is 16.9. The summed E-state index contributed by atoms with van der Waals surface area (Å²) in [4.78, 5) is 28.4. The number of rotatable bonds is 5. The van der Waals surface area contributed by atoms with Crippen molar-refractivity contribution in [3.05, 3.63) is 42.6 Å². The molecule has 0 bridgehead atoms. The number of ether oxygens (including phenoxy) is 1. The van der Waals surface area contributed by atoms with Crippen molar-refractivity contribution in [1.29, 1.82) is 0 Å². The molecule has 0 saturated carbocycles. The molecular formula is C16H15N3O5S. The molecule has 2 aromatic rings. The maximum Gasteiger partial charge on any atom is 0.263 e. The summed E-state index contributed by atoms with van der Waals surface area (Å²) in [5.41, 5.74) is 0.353. The Morgan fingerprint density at radius 2 is 1.72 bits per heavy atom. The summed E-state index contributed by atoms with van der Waals surface area (Å²) >= 11 is 0. The van der Waals surface area contributed by atoms with Crippen LogP contribution in [0.15, 0.2) is 47.5 Å². The van der Waals surface area contributed by atoms with Crippen molar-refractivity contribution in [3.8, 4) is 5.75 Å². The van der Waals surface area contributed by atoms with Gasteiger partial charge in [0.2, 0.25) is 11.8 Å². The lowest BCUT2D eigenvalue weighted by Crippen LogP contribution is -2.28. The Morgan fingerprint density at radius 1 is 1.08 bits per heavy atom. The molecule has 2 amide bonds. The maximum absolute atomic E-state index is 12.4. The standard InChI is InChI=1S/C16H15N3O5S/c1-24-12-8-9-17-14(10-12)18-25(22,23)13-4-2-11(3-5-13)19-15(20)6-7-16(19)21/h2-5,8-10H,6-7H2,1H3,(H,17,18). The largest absolute Gasteiger partial charge is 0.497 e. The van der Waals surface area contributed by atoms with Crippen molar-refractivity contribution in [3.63, 3.8) is 0 Å². The number of amides is 2. The van der Waals surface area contributed by atoms with Gasteiger partial charge in [0.15, 0.2) is 0 Å². The number of carbonyl (C=O) groups is 2. The molecule has 1 aromatic carbocycles. The highest BCUT2D eigenvalue weighted by Crippen LogP contribution is 2.25. The molecule has 1 aliphatic heterocycles. The van der Waals surface area contributed by atoms with Gasteiger partial charge < -0.3 is 4.74 Å². The quantitative estimate of drug-likeness (QED) is 0.810. The number of methoxy groups -OCH3 is 1. The lowest BCUT2D eigenvalue weighted by Gasteiger charge is -2.14. The van der Waals surface area contributed by atoms with E-state index < -0.39 is 10.0 Å². The van der Waals surface area contributed by atoms with Crippen LogP contribution < -0.4 is 14.4 Å². The van der Waals surface area contributed by atoms with Gasteiger partial charge in [0.25, 0.3) is 10.0 Å². The van der Waals surface area contributed by atoms with Crippen LogP contribution in [0, 0.1) is 0 Å². The van der Waals surface area contributed by atoms with E-state index in [4.69, 9.17) is 4.74 Å². The highest BCUT2D eigenvalue weighted by atomic mass is 32.2. The molecule has 1 N–H and O–H groups in total. The Hall–Kier alpha value is -2.94. The van der Waals surface area contributed by atoms with E-state index in [-0.39, 0.29) is 35.4 Å². The van der Waals surface area contributed by atoms with Crippen molar-refractivity contribution in [2.75, 3.05) is 16.7 Å². The molecule has 3 rings (SSSR count). The smallest absolute Gasteiger partial charge is 0.263 e. The fraction of sp³-hybridized carbons (Fsp3) is 0.188. The molecule has 9 heteroatoms. The van der Waals surface area contributed by atoms with Gasteiger partial charge in [-0.15, -0.1) is 0 Å². The summed E-state index contributed by atoms with van der Waals surface area (Å²) in [7, 11) is -2.40. The number of anilines is 2.